The van der Waals surface area contributed by atoms with Gasteiger partial charge in [-0.15, -0.1) is 0 Å². The van der Waals surface area contributed by atoms with Gasteiger partial charge in [-0.05, 0) is 12.5 Å². The molecule has 2 unspecified atom stereocenters. The highest BCUT2D eigenvalue weighted by atomic mass is 19.1. The van der Waals surface area contributed by atoms with E-state index in [4.69, 9.17) is 4.74 Å². The van der Waals surface area contributed by atoms with E-state index in [0.717, 1.165) is 5.56 Å². The Kier molecular flexibility index (Phi) is 4.45. The molecule has 2 atom stereocenters. The Morgan fingerprint density at radius 1 is 1.43 bits per heavy atom. The molecule has 1 saturated heterocycles. The molecule has 6 heteroatoms. The molecular formula is C15H18FNO4. The van der Waals surface area contributed by atoms with Gasteiger partial charge in [0.15, 0.2) is 0 Å². The van der Waals surface area contributed by atoms with E-state index in [2.05, 4.69) is 0 Å². The van der Waals surface area contributed by atoms with Gasteiger partial charge in [-0.25, -0.2) is 4.79 Å². The van der Waals surface area contributed by atoms with E-state index in [1.54, 1.807) is 0 Å². The number of ether oxygens (including phenoxy) is 1. The second-order valence-corrected chi connectivity index (χ2v) is 5.49. The van der Waals surface area contributed by atoms with Gasteiger partial charge in [-0.3, -0.25) is 9.18 Å². The van der Waals surface area contributed by atoms with Gasteiger partial charge >= 0.3 is 12.1 Å². The summed E-state index contributed by atoms with van der Waals surface area (Å²) in [7, 11) is 0. The van der Waals surface area contributed by atoms with Gasteiger partial charge in [0.05, 0.1) is 12.1 Å². The largest absolute Gasteiger partial charge is 0.481 e. The predicted molar refractivity (Wildman–Crippen MR) is 73.4 cm³/mol. The van der Waals surface area contributed by atoms with E-state index < -0.39 is 30.1 Å². The van der Waals surface area contributed by atoms with Crippen LogP contribution in [0.3, 0.4) is 0 Å². The Bertz CT molecular complexity index is 522. The first-order valence-electron chi connectivity index (χ1n) is 6.72. The SMILES string of the molecule is CC1(C(=O)O)CN(C(=O)OCc2ccccc2)CC1CF. The molecule has 114 valence electrons. The lowest BCUT2D eigenvalue weighted by atomic mass is 9.81. The van der Waals surface area contributed by atoms with Crippen LogP contribution in [0, 0.1) is 11.3 Å². The normalized spacial score (nSPS) is 24.9. The average Bonchev–Trinajstić information content (AvgIpc) is 2.84. The third-order valence-corrected chi connectivity index (χ3v) is 4.00. The number of carboxylic acid groups (broad SMARTS) is 1. The van der Waals surface area contributed by atoms with Crippen molar-refractivity contribution in [1.82, 2.24) is 4.90 Å². The summed E-state index contributed by atoms with van der Waals surface area (Å²) in [5, 5.41) is 9.24. The van der Waals surface area contributed by atoms with E-state index in [0.29, 0.717) is 0 Å². The lowest BCUT2D eigenvalue weighted by Crippen LogP contribution is -2.37. The molecule has 2 rings (SSSR count). The Balaban J connectivity index is 1.96. The zero-order valence-corrected chi connectivity index (χ0v) is 11.8. The first-order valence-corrected chi connectivity index (χ1v) is 6.72. The first-order chi connectivity index (χ1) is 9.97. The molecule has 5 nitrogen and oxygen atoms in total. The van der Waals surface area contributed by atoms with Crippen molar-refractivity contribution in [2.75, 3.05) is 19.8 Å². The molecule has 0 saturated carbocycles. The van der Waals surface area contributed by atoms with Crippen molar-refractivity contribution in [3.63, 3.8) is 0 Å². The summed E-state index contributed by atoms with van der Waals surface area (Å²) < 4.78 is 18.1. The van der Waals surface area contributed by atoms with Crippen molar-refractivity contribution in [2.45, 2.75) is 13.5 Å². The fraction of sp³-hybridized carbons (Fsp3) is 0.467. The summed E-state index contributed by atoms with van der Waals surface area (Å²) in [5.41, 5.74) is -0.423. The van der Waals surface area contributed by atoms with Crippen LogP contribution >= 0.6 is 0 Å². The Morgan fingerprint density at radius 2 is 2.10 bits per heavy atom. The van der Waals surface area contributed by atoms with Crippen LogP contribution in [-0.2, 0) is 16.1 Å². The standard InChI is InChI=1S/C15H18FNO4/c1-15(13(18)19)10-17(8-12(15)7-16)14(20)21-9-11-5-3-2-4-6-11/h2-6,12H,7-10H2,1H3,(H,18,19). The topological polar surface area (TPSA) is 66.8 Å². The number of alkyl halides is 1. The monoisotopic (exact) mass is 295 g/mol. The number of halogens is 1. The van der Waals surface area contributed by atoms with Gasteiger partial charge in [0, 0.05) is 19.0 Å². The quantitative estimate of drug-likeness (QED) is 0.925. The van der Waals surface area contributed by atoms with Gasteiger partial charge in [0.1, 0.15) is 6.61 Å². The molecule has 1 aliphatic rings. The number of rotatable bonds is 4. The molecule has 1 N–H and O–H groups in total. The smallest absolute Gasteiger partial charge is 0.410 e. The predicted octanol–water partition coefficient (Wildman–Crippen LogP) is 2.32. The zero-order valence-electron chi connectivity index (χ0n) is 11.8. The van der Waals surface area contributed by atoms with Gasteiger partial charge in [-0.1, -0.05) is 30.3 Å². The van der Waals surface area contributed by atoms with E-state index in [1.165, 1.54) is 11.8 Å². The van der Waals surface area contributed by atoms with Crippen molar-refractivity contribution in [2.24, 2.45) is 11.3 Å². The van der Waals surface area contributed by atoms with E-state index >= 15 is 0 Å². The second kappa shape index (κ2) is 6.11. The lowest BCUT2D eigenvalue weighted by Gasteiger charge is -2.22. The van der Waals surface area contributed by atoms with Crippen LogP contribution in [0.15, 0.2) is 30.3 Å². The van der Waals surface area contributed by atoms with Crippen LogP contribution in [0.5, 0.6) is 0 Å². The molecule has 0 bridgehead atoms. The number of hydrogen-bond acceptors (Lipinski definition) is 3. The van der Waals surface area contributed by atoms with Gasteiger partial charge in [-0.2, -0.15) is 0 Å². The van der Waals surface area contributed by atoms with Crippen molar-refractivity contribution in [3.8, 4) is 0 Å². The summed E-state index contributed by atoms with van der Waals surface area (Å²) in [6, 6.07) is 9.17. The third-order valence-electron chi connectivity index (χ3n) is 4.00. The molecule has 1 fully saturated rings. The zero-order chi connectivity index (χ0) is 15.5. The minimum atomic E-state index is -1.26. The van der Waals surface area contributed by atoms with E-state index in [1.807, 2.05) is 30.3 Å². The molecule has 0 spiro atoms. The summed E-state index contributed by atoms with van der Waals surface area (Å²) in [6.07, 6.45) is -0.609. The van der Waals surface area contributed by atoms with Crippen molar-refractivity contribution in [3.05, 3.63) is 35.9 Å². The molecular weight excluding hydrogens is 277 g/mol. The maximum atomic E-state index is 13.0. The fourth-order valence-corrected chi connectivity index (χ4v) is 2.47. The van der Waals surface area contributed by atoms with E-state index in [9.17, 15) is 19.1 Å². The number of carbonyl (C=O) groups is 2. The van der Waals surface area contributed by atoms with Crippen LogP contribution in [0.4, 0.5) is 9.18 Å². The summed E-state index contributed by atoms with van der Waals surface area (Å²) >= 11 is 0. The van der Waals surface area contributed by atoms with Crippen molar-refractivity contribution in [1.29, 1.82) is 0 Å². The van der Waals surface area contributed by atoms with Crippen LogP contribution in [0.25, 0.3) is 0 Å². The summed E-state index contributed by atoms with van der Waals surface area (Å²) in [6.45, 7) is 0.826. The molecule has 0 aliphatic carbocycles. The van der Waals surface area contributed by atoms with E-state index in [-0.39, 0.29) is 19.7 Å². The number of nitrogens with zero attached hydrogens (tertiary/aromatic N) is 1. The molecule has 0 aromatic heterocycles. The average molecular weight is 295 g/mol. The van der Waals surface area contributed by atoms with Gasteiger partial charge in [0.2, 0.25) is 0 Å². The summed E-state index contributed by atoms with van der Waals surface area (Å²) in [5.74, 6) is -1.80. The number of carboxylic acids is 1. The Hall–Kier alpha value is -2.11. The Labute approximate surface area is 122 Å². The fourth-order valence-electron chi connectivity index (χ4n) is 2.47. The van der Waals surface area contributed by atoms with Crippen LogP contribution in [-0.4, -0.2) is 41.8 Å². The lowest BCUT2D eigenvalue weighted by molar-refractivity contribution is -0.149. The highest BCUT2D eigenvalue weighted by Crippen LogP contribution is 2.36. The molecule has 1 heterocycles. The highest BCUT2D eigenvalue weighted by Gasteiger charge is 2.50. The number of amides is 1. The number of benzene rings is 1. The first kappa shape index (κ1) is 15.3. The number of carbonyl (C=O) groups excluding carboxylic acids is 1. The second-order valence-electron chi connectivity index (χ2n) is 5.49. The Morgan fingerprint density at radius 3 is 2.62 bits per heavy atom. The van der Waals surface area contributed by atoms with Crippen LogP contribution < -0.4 is 0 Å². The number of hydrogen-bond donors (Lipinski definition) is 1. The van der Waals surface area contributed by atoms with Crippen LogP contribution in [0.2, 0.25) is 0 Å². The summed E-state index contributed by atoms with van der Waals surface area (Å²) in [4.78, 5) is 24.5. The molecule has 21 heavy (non-hydrogen) atoms. The third kappa shape index (κ3) is 3.15. The van der Waals surface area contributed by atoms with Crippen LogP contribution in [0.1, 0.15) is 12.5 Å². The highest BCUT2D eigenvalue weighted by molar-refractivity contribution is 5.78. The van der Waals surface area contributed by atoms with Gasteiger partial charge in [0.25, 0.3) is 0 Å². The van der Waals surface area contributed by atoms with Crippen molar-refractivity contribution < 1.29 is 23.8 Å². The minimum Gasteiger partial charge on any atom is -0.481 e. The molecule has 0 radical (unpaired) electrons. The maximum Gasteiger partial charge on any atom is 0.410 e. The minimum absolute atomic E-state index is 0.0372. The number of likely N-dealkylation sites (tertiary alicyclic amines) is 1. The molecule has 1 aromatic carbocycles. The van der Waals surface area contributed by atoms with Gasteiger partial charge < -0.3 is 14.7 Å². The van der Waals surface area contributed by atoms with Crippen molar-refractivity contribution >= 4 is 12.1 Å². The molecule has 1 aromatic rings. The molecule has 1 amide bonds. The molecule has 1 aliphatic heterocycles. The maximum absolute atomic E-state index is 13.0. The number of aliphatic carboxylic acids is 1.